The lowest BCUT2D eigenvalue weighted by Crippen LogP contribution is -2.39. The Kier molecular flexibility index (Phi) is 7.70. The zero-order valence-corrected chi connectivity index (χ0v) is 23.1. The first kappa shape index (κ1) is 26.3. The first-order valence-corrected chi connectivity index (χ1v) is 14.8. The van der Waals surface area contributed by atoms with Gasteiger partial charge in [0.25, 0.3) is 0 Å². The Morgan fingerprint density at radius 1 is 1.24 bits per heavy atom. The van der Waals surface area contributed by atoms with Crippen molar-refractivity contribution in [3.8, 4) is 11.3 Å². The Labute approximate surface area is 228 Å². The number of thiophene rings is 1. The fraction of sp³-hybridized carbons (Fsp3) is 0.286. The number of pyridine rings is 1. The van der Waals surface area contributed by atoms with E-state index in [9.17, 15) is 10.2 Å². The van der Waals surface area contributed by atoms with Crippen molar-refractivity contribution in [2.24, 2.45) is 0 Å². The van der Waals surface area contributed by atoms with Gasteiger partial charge in [0, 0.05) is 42.9 Å². The van der Waals surface area contributed by atoms with E-state index in [1.165, 1.54) is 12.8 Å². The van der Waals surface area contributed by atoms with E-state index in [-0.39, 0.29) is 23.4 Å². The van der Waals surface area contributed by atoms with E-state index in [0.717, 1.165) is 31.8 Å². The third-order valence-corrected chi connectivity index (χ3v) is 10.4. The number of aromatic nitrogens is 1. The van der Waals surface area contributed by atoms with Crippen LogP contribution >= 0.6 is 33.6 Å². The second kappa shape index (κ2) is 10.8. The first-order chi connectivity index (χ1) is 17.8. The summed E-state index contributed by atoms with van der Waals surface area (Å²) in [6, 6.07) is 17.6. The second-order valence-corrected chi connectivity index (χ2v) is 13.0. The molecule has 9 heteroatoms. The van der Waals surface area contributed by atoms with Gasteiger partial charge in [0.05, 0.1) is 18.5 Å². The molecule has 5 rings (SSSR count). The Balaban J connectivity index is 1.61. The van der Waals surface area contributed by atoms with Crippen molar-refractivity contribution in [2.45, 2.75) is 43.7 Å². The molecule has 0 spiro atoms. The molecule has 3 unspecified atom stereocenters. The fourth-order valence-corrected chi connectivity index (χ4v) is 7.87. The third-order valence-electron chi connectivity index (χ3n) is 6.59. The number of nitrogens with two attached hydrogens (primary N) is 1. The standard InChI is InChI=1S/C28H31ClN4O2S2/c1-3-37(20-8-9-20)33-26(22-15-19(30)7-10-23(22)29)25-13-17-5-4-6-21(27(17)36-25)24-14-18(11-12-31-24)28(2,35)32-16-34/h3-7,10-15,20,26,32-35H,8-9,16,30H2,1-2H3. The maximum Gasteiger partial charge on any atom is 0.141 e. The molecule has 0 bridgehead atoms. The Morgan fingerprint density at radius 2 is 2.05 bits per heavy atom. The van der Waals surface area contributed by atoms with Crippen molar-refractivity contribution in [1.29, 1.82) is 0 Å². The highest BCUT2D eigenvalue weighted by Crippen LogP contribution is 2.44. The van der Waals surface area contributed by atoms with E-state index < -0.39 is 5.72 Å². The lowest BCUT2D eigenvalue weighted by molar-refractivity contribution is -0.00371. The molecule has 194 valence electrons. The predicted molar refractivity (Wildman–Crippen MR) is 158 cm³/mol. The molecule has 1 aliphatic carbocycles. The van der Waals surface area contributed by atoms with Crippen LogP contribution in [0.25, 0.3) is 21.3 Å². The number of anilines is 1. The molecule has 0 radical (unpaired) electrons. The van der Waals surface area contributed by atoms with Gasteiger partial charge in [-0.25, -0.2) is 0 Å². The molecule has 3 atom stereocenters. The number of hydrogen-bond acceptors (Lipinski definition) is 7. The highest BCUT2D eigenvalue weighted by molar-refractivity contribution is 8.14. The van der Waals surface area contributed by atoms with Crippen LogP contribution in [0.2, 0.25) is 5.02 Å². The van der Waals surface area contributed by atoms with Crippen LogP contribution in [0, 0.1) is 0 Å². The predicted octanol–water partition coefficient (Wildman–Crippen LogP) is 5.75. The van der Waals surface area contributed by atoms with Crippen LogP contribution in [0.1, 0.15) is 48.7 Å². The molecule has 4 aromatic rings. The largest absolute Gasteiger partial charge is 0.399 e. The number of nitrogens with zero attached hydrogens (tertiary/aromatic N) is 1. The maximum atomic E-state index is 10.7. The SMILES string of the molecule is C/C=S(\NC(c1cc2cccc(-c3cc(C(C)(O)NCO)ccn3)c2s1)c1cc(N)ccc1Cl)C1CC1. The van der Waals surface area contributed by atoms with E-state index >= 15 is 0 Å². The zero-order valence-electron chi connectivity index (χ0n) is 20.7. The highest BCUT2D eigenvalue weighted by Gasteiger charge is 2.29. The van der Waals surface area contributed by atoms with Crippen LogP contribution in [-0.4, -0.2) is 32.5 Å². The van der Waals surface area contributed by atoms with Gasteiger partial charge in [0.1, 0.15) is 5.72 Å². The molecule has 37 heavy (non-hydrogen) atoms. The molecule has 0 amide bonds. The molecule has 0 aliphatic heterocycles. The number of fused-ring (bicyclic) bond motifs is 1. The van der Waals surface area contributed by atoms with E-state index in [0.29, 0.717) is 21.5 Å². The molecule has 1 fully saturated rings. The summed E-state index contributed by atoms with van der Waals surface area (Å²) in [6.45, 7) is 3.39. The van der Waals surface area contributed by atoms with Crippen molar-refractivity contribution in [2.75, 3.05) is 12.5 Å². The summed E-state index contributed by atoms with van der Waals surface area (Å²) in [7, 11) is -0.0315. The molecule has 1 aliphatic rings. The van der Waals surface area contributed by atoms with Gasteiger partial charge in [-0.2, -0.15) is 0 Å². The van der Waals surface area contributed by atoms with Gasteiger partial charge in [-0.1, -0.05) is 29.8 Å². The topological polar surface area (TPSA) is 103 Å². The lowest BCUT2D eigenvalue weighted by atomic mass is 10.0. The quantitative estimate of drug-likeness (QED) is 0.102. The molecule has 2 aromatic carbocycles. The molecular weight excluding hydrogens is 524 g/mol. The highest BCUT2D eigenvalue weighted by atomic mass is 35.5. The maximum absolute atomic E-state index is 10.7. The van der Waals surface area contributed by atoms with Gasteiger partial charge in [0.15, 0.2) is 0 Å². The summed E-state index contributed by atoms with van der Waals surface area (Å²) in [5.74, 6) is 0. The van der Waals surface area contributed by atoms with Crippen molar-refractivity contribution in [1.82, 2.24) is 15.0 Å². The van der Waals surface area contributed by atoms with Crippen LogP contribution in [-0.2, 0) is 5.72 Å². The van der Waals surface area contributed by atoms with Crippen LogP contribution in [0.4, 0.5) is 5.69 Å². The van der Waals surface area contributed by atoms with Crippen LogP contribution in [0.5, 0.6) is 0 Å². The van der Waals surface area contributed by atoms with E-state index in [2.05, 4.69) is 39.4 Å². The fourth-order valence-electron chi connectivity index (χ4n) is 4.44. The summed E-state index contributed by atoms with van der Waals surface area (Å²) >= 11 is 8.43. The van der Waals surface area contributed by atoms with Gasteiger partial charge in [-0.3, -0.25) is 15.0 Å². The number of nitrogens with one attached hydrogen (secondary N) is 2. The number of benzene rings is 2. The van der Waals surface area contributed by atoms with Crippen LogP contribution < -0.4 is 15.8 Å². The number of hydrogen-bond donors (Lipinski definition) is 5. The van der Waals surface area contributed by atoms with E-state index in [4.69, 9.17) is 17.3 Å². The average molecular weight is 555 g/mol. The third kappa shape index (κ3) is 5.61. The number of aliphatic hydroxyl groups excluding tert-OH is 1. The van der Waals surface area contributed by atoms with Crippen LogP contribution in [0.15, 0.2) is 60.8 Å². The lowest BCUT2D eigenvalue weighted by Gasteiger charge is -2.24. The molecule has 2 heterocycles. The van der Waals surface area contributed by atoms with Gasteiger partial charge in [-0.15, -0.1) is 22.0 Å². The first-order valence-electron chi connectivity index (χ1n) is 12.2. The number of rotatable bonds is 9. The molecule has 6 N–H and O–H groups in total. The number of aliphatic hydroxyl groups is 2. The molecule has 2 aromatic heterocycles. The van der Waals surface area contributed by atoms with Crippen LogP contribution in [0.3, 0.4) is 0 Å². The zero-order chi connectivity index (χ0) is 26.2. The normalized spacial score (nSPS) is 17.1. The molecule has 0 saturated heterocycles. The Bertz CT molecular complexity index is 1470. The average Bonchev–Trinajstić information content (AvgIpc) is 3.64. The smallest absolute Gasteiger partial charge is 0.141 e. The minimum Gasteiger partial charge on any atom is -0.399 e. The summed E-state index contributed by atoms with van der Waals surface area (Å²) < 4.78 is 5.00. The van der Waals surface area contributed by atoms with E-state index in [1.807, 2.05) is 36.4 Å². The van der Waals surface area contributed by atoms with Crippen molar-refractivity contribution in [3.63, 3.8) is 0 Å². The minimum atomic E-state index is -1.38. The van der Waals surface area contributed by atoms with Crippen molar-refractivity contribution < 1.29 is 10.2 Å². The summed E-state index contributed by atoms with van der Waals surface area (Å²) in [6.07, 6.45) is 4.16. The summed E-state index contributed by atoms with van der Waals surface area (Å²) in [5.41, 5.74) is 8.82. The second-order valence-electron chi connectivity index (χ2n) is 9.35. The molecule has 1 saturated carbocycles. The Hall–Kier alpha value is -2.30. The minimum absolute atomic E-state index is 0.0315. The van der Waals surface area contributed by atoms with Crippen molar-refractivity contribution >= 4 is 54.7 Å². The van der Waals surface area contributed by atoms with Gasteiger partial charge in [0.2, 0.25) is 0 Å². The molecular formula is C28H31ClN4O2S2. The number of nitrogen functional groups attached to an aromatic ring is 1. The monoisotopic (exact) mass is 554 g/mol. The van der Waals surface area contributed by atoms with Crippen molar-refractivity contribution in [3.05, 3.63) is 81.8 Å². The van der Waals surface area contributed by atoms with E-state index in [1.54, 1.807) is 30.5 Å². The van der Waals surface area contributed by atoms with Gasteiger partial charge < -0.3 is 15.9 Å². The van der Waals surface area contributed by atoms with Gasteiger partial charge in [-0.05, 0) is 79.4 Å². The Morgan fingerprint density at radius 3 is 2.78 bits per heavy atom. The molecule has 6 nitrogen and oxygen atoms in total. The summed E-state index contributed by atoms with van der Waals surface area (Å²) in [4.78, 5) is 5.77. The summed E-state index contributed by atoms with van der Waals surface area (Å²) in [5, 5.41) is 27.5. The van der Waals surface area contributed by atoms with Gasteiger partial charge >= 0.3 is 0 Å². The number of halogens is 1.